The van der Waals surface area contributed by atoms with E-state index >= 15 is 0 Å². The lowest BCUT2D eigenvalue weighted by Crippen LogP contribution is -2.34. The summed E-state index contributed by atoms with van der Waals surface area (Å²) in [6.07, 6.45) is 0. The number of nitrogens with one attached hydrogen (secondary N) is 2. The fourth-order valence-electron chi connectivity index (χ4n) is 2.15. The molecule has 0 fully saturated rings. The van der Waals surface area contributed by atoms with Crippen molar-refractivity contribution in [3.8, 4) is 0 Å². The van der Waals surface area contributed by atoms with Crippen molar-refractivity contribution in [2.24, 2.45) is 0 Å². The molecular formula is C19H18F2N2O4. The molecule has 8 heteroatoms. The van der Waals surface area contributed by atoms with Gasteiger partial charge >= 0.3 is 12.0 Å². The highest BCUT2D eigenvalue weighted by molar-refractivity contribution is 6.03. The quantitative estimate of drug-likeness (QED) is 0.597. The van der Waals surface area contributed by atoms with Gasteiger partial charge in [0.2, 0.25) is 0 Å². The number of ether oxygens (including phenoxy) is 1. The fourth-order valence-corrected chi connectivity index (χ4v) is 2.15. The van der Waals surface area contributed by atoms with Crippen molar-refractivity contribution in [1.29, 1.82) is 0 Å². The lowest BCUT2D eigenvalue weighted by atomic mass is 10.1. The molecule has 2 rings (SSSR count). The van der Waals surface area contributed by atoms with Crippen LogP contribution in [0, 0.1) is 11.6 Å². The van der Waals surface area contributed by atoms with E-state index in [2.05, 4.69) is 10.6 Å². The van der Waals surface area contributed by atoms with Crippen LogP contribution in [0.5, 0.6) is 0 Å². The van der Waals surface area contributed by atoms with E-state index in [1.54, 1.807) is 26.0 Å². The number of carbonyl (C=O) groups is 3. The van der Waals surface area contributed by atoms with Crippen LogP contribution in [0.4, 0.5) is 19.3 Å². The number of amides is 2. The first-order valence-corrected chi connectivity index (χ1v) is 8.10. The Balaban J connectivity index is 2.04. The molecule has 0 spiro atoms. The van der Waals surface area contributed by atoms with Crippen molar-refractivity contribution in [3.63, 3.8) is 0 Å². The predicted molar refractivity (Wildman–Crippen MR) is 94.7 cm³/mol. The van der Waals surface area contributed by atoms with Gasteiger partial charge in [-0.05, 0) is 44.2 Å². The van der Waals surface area contributed by atoms with Gasteiger partial charge in [0, 0.05) is 11.6 Å². The molecule has 0 heterocycles. The maximum Gasteiger partial charge on any atom is 0.340 e. The van der Waals surface area contributed by atoms with Gasteiger partial charge in [-0.3, -0.25) is 4.79 Å². The molecule has 2 aromatic carbocycles. The zero-order valence-electron chi connectivity index (χ0n) is 14.7. The van der Waals surface area contributed by atoms with Crippen molar-refractivity contribution in [1.82, 2.24) is 5.32 Å². The molecule has 0 aliphatic rings. The van der Waals surface area contributed by atoms with Crippen LogP contribution in [0.3, 0.4) is 0 Å². The molecule has 27 heavy (non-hydrogen) atoms. The van der Waals surface area contributed by atoms with Crippen LogP contribution >= 0.6 is 0 Å². The summed E-state index contributed by atoms with van der Waals surface area (Å²) in [5.74, 6) is -3.78. The number of carbonyl (C=O) groups excluding carboxylic acids is 3. The molecule has 0 atom stereocenters. The summed E-state index contributed by atoms with van der Waals surface area (Å²) in [5, 5.41) is 5.15. The number of ketones is 1. The third-order valence-corrected chi connectivity index (χ3v) is 3.39. The number of hydrogen-bond acceptors (Lipinski definition) is 4. The van der Waals surface area contributed by atoms with Crippen molar-refractivity contribution >= 4 is 23.5 Å². The third-order valence-electron chi connectivity index (χ3n) is 3.39. The Morgan fingerprint density at radius 3 is 2.41 bits per heavy atom. The molecule has 0 aromatic heterocycles. The van der Waals surface area contributed by atoms with E-state index in [9.17, 15) is 23.2 Å². The highest BCUT2D eigenvalue weighted by atomic mass is 19.2. The Labute approximate surface area is 154 Å². The summed E-state index contributed by atoms with van der Waals surface area (Å²) in [5.41, 5.74) is 0.139. The largest absolute Gasteiger partial charge is 0.454 e. The first kappa shape index (κ1) is 20.0. The van der Waals surface area contributed by atoms with E-state index in [1.165, 1.54) is 12.1 Å². The van der Waals surface area contributed by atoms with Gasteiger partial charge in [0.05, 0.1) is 11.3 Å². The van der Waals surface area contributed by atoms with Crippen molar-refractivity contribution < 1.29 is 27.9 Å². The average molecular weight is 376 g/mol. The average Bonchev–Trinajstić information content (AvgIpc) is 2.61. The SMILES string of the molecule is CC(C)NC(=O)Nc1ccccc1C(=O)OCC(=O)c1ccc(F)c(F)c1. The predicted octanol–water partition coefficient (Wildman–Crippen LogP) is 3.53. The molecule has 142 valence electrons. The van der Waals surface area contributed by atoms with E-state index in [4.69, 9.17) is 4.74 Å². The van der Waals surface area contributed by atoms with Gasteiger partial charge in [-0.2, -0.15) is 0 Å². The number of benzene rings is 2. The molecular weight excluding hydrogens is 358 g/mol. The Kier molecular flexibility index (Phi) is 6.59. The maximum absolute atomic E-state index is 13.2. The number of hydrogen-bond donors (Lipinski definition) is 2. The Bertz CT molecular complexity index is 869. The van der Waals surface area contributed by atoms with Crippen LogP contribution in [-0.4, -0.2) is 30.4 Å². The number of anilines is 1. The molecule has 0 saturated heterocycles. The van der Waals surface area contributed by atoms with Gasteiger partial charge < -0.3 is 15.4 Å². The standard InChI is InChI=1S/C19H18F2N2O4/c1-11(2)22-19(26)23-16-6-4-3-5-13(16)18(25)27-10-17(24)12-7-8-14(20)15(21)9-12/h3-9,11H,10H2,1-2H3,(H2,22,23,26). The number of Topliss-reactive ketones (excluding diaryl/α,β-unsaturated/α-hetero) is 1. The lowest BCUT2D eigenvalue weighted by molar-refractivity contribution is 0.0475. The van der Waals surface area contributed by atoms with Gasteiger partial charge in [-0.1, -0.05) is 12.1 Å². The molecule has 2 N–H and O–H groups in total. The second-order valence-electron chi connectivity index (χ2n) is 5.93. The number of halogens is 2. The summed E-state index contributed by atoms with van der Waals surface area (Å²) < 4.78 is 31.0. The molecule has 6 nitrogen and oxygen atoms in total. The molecule has 0 bridgehead atoms. The number of rotatable bonds is 6. The molecule has 0 aliphatic carbocycles. The molecule has 0 unspecified atom stereocenters. The molecule has 0 radical (unpaired) electrons. The van der Waals surface area contributed by atoms with Crippen molar-refractivity contribution in [2.75, 3.05) is 11.9 Å². The van der Waals surface area contributed by atoms with Crippen LogP contribution in [-0.2, 0) is 4.74 Å². The Hall–Kier alpha value is -3.29. The lowest BCUT2D eigenvalue weighted by Gasteiger charge is -2.13. The second kappa shape index (κ2) is 8.88. The molecule has 2 aromatic rings. The molecule has 0 aliphatic heterocycles. The minimum Gasteiger partial charge on any atom is -0.454 e. The van der Waals surface area contributed by atoms with Gasteiger partial charge in [-0.15, -0.1) is 0 Å². The topological polar surface area (TPSA) is 84.5 Å². The monoisotopic (exact) mass is 376 g/mol. The van der Waals surface area contributed by atoms with Gasteiger partial charge in [0.1, 0.15) is 0 Å². The van der Waals surface area contributed by atoms with E-state index in [0.29, 0.717) is 0 Å². The summed E-state index contributed by atoms with van der Waals surface area (Å²) in [4.78, 5) is 36.0. The summed E-state index contributed by atoms with van der Waals surface area (Å²) >= 11 is 0. The van der Waals surface area contributed by atoms with Crippen molar-refractivity contribution in [2.45, 2.75) is 19.9 Å². The third kappa shape index (κ3) is 5.60. The molecule has 0 saturated carbocycles. The van der Waals surface area contributed by atoms with E-state index in [-0.39, 0.29) is 22.9 Å². The second-order valence-corrected chi connectivity index (χ2v) is 5.93. The van der Waals surface area contributed by atoms with Crippen LogP contribution in [0.1, 0.15) is 34.6 Å². The maximum atomic E-state index is 13.2. The Morgan fingerprint density at radius 2 is 1.74 bits per heavy atom. The first-order chi connectivity index (χ1) is 12.8. The van der Waals surface area contributed by atoms with Crippen molar-refractivity contribution in [3.05, 3.63) is 65.2 Å². The summed E-state index contributed by atoms with van der Waals surface area (Å²) in [6, 6.07) is 8.17. The van der Waals surface area contributed by atoms with Crippen LogP contribution in [0.15, 0.2) is 42.5 Å². The zero-order chi connectivity index (χ0) is 20.0. The Morgan fingerprint density at radius 1 is 1.04 bits per heavy atom. The van der Waals surface area contributed by atoms with Crippen LogP contribution in [0.2, 0.25) is 0 Å². The molecule has 2 amide bonds. The number of urea groups is 1. The normalized spacial score (nSPS) is 10.4. The van der Waals surface area contributed by atoms with Crippen LogP contribution < -0.4 is 10.6 Å². The highest BCUT2D eigenvalue weighted by Gasteiger charge is 2.17. The summed E-state index contributed by atoms with van der Waals surface area (Å²) in [6.45, 7) is 2.91. The number of para-hydroxylation sites is 1. The van der Waals surface area contributed by atoms with Crippen LogP contribution in [0.25, 0.3) is 0 Å². The number of esters is 1. The first-order valence-electron chi connectivity index (χ1n) is 8.10. The van der Waals surface area contributed by atoms with E-state index in [0.717, 1.165) is 18.2 Å². The van der Waals surface area contributed by atoms with E-state index in [1.807, 2.05) is 0 Å². The summed E-state index contributed by atoms with van der Waals surface area (Å²) in [7, 11) is 0. The minimum atomic E-state index is -1.17. The fraction of sp³-hybridized carbons (Fsp3) is 0.211. The van der Waals surface area contributed by atoms with E-state index < -0.39 is 36.0 Å². The minimum absolute atomic E-state index is 0.0505. The van der Waals surface area contributed by atoms with Gasteiger partial charge in [0.15, 0.2) is 24.0 Å². The van der Waals surface area contributed by atoms with Gasteiger partial charge in [-0.25, -0.2) is 18.4 Å². The zero-order valence-corrected chi connectivity index (χ0v) is 14.7. The smallest absolute Gasteiger partial charge is 0.340 e. The van der Waals surface area contributed by atoms with Gasteiger partial charge in [0.25, 0.3) is 0 Å². The highest BCUT2D eigenvalue weighted by Crippen LogP contribution is 2.17.